The number of esters is 2. The first-order valence-corrected chi connectivity index (χ1v) is 35.8. The average molecular weight is 1650 g/mol. The van der Waals surface area contributed by atoms with Crippen molar-refractivity contribution < 1.29 is 87.9 Å². The molecule has 5 aromatic carbocycles. The van der Waals surface area contributed by atoms with Gasteiger partial charge in [0.2, 0.25) is 11.8 Å². The van der Waals surface area contributed by atoms with E-state index < -0.39 is 36.8 Å². The topological polar surface area (TPSA) is 589 Å². The van der Waals surface area contributed by atoms with Crippen LogP contribution in [0.15, 0.2) is 121 Å². The van der Waals surface area contributed by atoms with Crippen LogP contribution in [0.3, 0.4) is 0 Å². The second-order valence-electron chi connectivity index (χ2n) is 21.8. The number of halogens is 2. The first-order valence-electron chi connectivity index (χ1n) is 34.3. The Morgan fingerprint density at radius 1 is 0.423 bits per heavy atom. The van der Waals surface area contributed by atoms with Crippen molar-refractivity contribution in [3.63, 3.8) is 0 Å². The minimum Gasteiger partial charge on any atom is -0.469 e. The third-order valence-corrected chi connectivity index (χ3v) is 15.0. The quantitative estimate of drug-likeness (QED) is 0.00370. The molecule has 5 aromatic rings. The highest BCUT2D eigenvalue weighted by molar-refractivity contribution is 9.09. The normalized spacial score (nSPS) is 9.88. The van der Waals surface area contributed by atoms with E-state index in [4.69, 9.17) is 38.7 Å². The third kappa shape index (κ3) is 52.1. The minimum atomic E-state index is -0.620. The number of hydroxylamine groups is 2. The SMILES string of the molecule is CCN(CCNC(=O)c1ccc(N)cc1)CCC(=O)NO.CCN(CCNC(=O)c1ccc([N+](=O)[O-])cc1)CCC(=O)NO.CCN(CCNC(=O)c1ccc([N+](=O)[O-])cc1)CCC(=O)OC.CCNCCN.CCNCCNC(=O)c1ccc([N+](=O)[O-])cc1.COC(=O)CCBr.NO.O=C(Cl)c1ccc([N+](=O)[O-])cc1. The lowest BCUT2D eigenvalue weighted by Crippen LogP contribution is -2.36. The minimum absolute atomic E-state index is 0.0193. The van der Waals surface area contributed by atoms with Crippen LogP contribution < -0.4 is 60.2 Å². The molecule has 0 saturated carbocycles. The third-order valence-electron chi connectivity index (χ3n) is 14.3. The molecule has 0 radical (unpaired) electrons. The lowest BCUT2D eigenvalue weighted by atomic mass is 10.2. The molecular weight excluding hydrogens is 1550 g/mol. The monoisotopic (exact) mass is 1650 g/mol. The number of benzene rings is 5. The van der Waals surface area contributed by atoms with Gasteiger partial charge in [-0.1, -0.05) is 50.5 Å². The van der Waals surface area contributed by atoms with E-state index in [9.17, 15) is 83.6 Å². The van der Waals surface area contributed by atoms with Gasteiger partial charge in [0.25, 0.3) is 51.6 Å². The number of nitrogens with one attached hydrogen (secondary N) is 8. The number of nitrogen functional groups attached to an aromatic ring is 1. The Hall–Kier alpha value is -10.7. The van der Waals surface area contributed by atoms with E-state index in [1.807, 2.05) is 42.4 Å². The lowest BCUT2D eigenvalue weighted by Gasteiger charge is -2.19. The van der Waals surface area contributed by atoms with Crippen LogP contribution in [-0.2, 0) is 28.7 Å². The van der Waals surface area contributed by atoms with Gasteiger partial charge in [0, 0.05) is 185 Å². The number of nitrogens with two attached hydrogens (primary N) is 3. The van der Waals surface area contributed by atoms with Crippen LogP contribution in [0.25, 0.3) is 0 Å². The maximum absolute atomic E-state index is 11.9. The van der Waals surface area contributed by atoms with E-state index in [-0.39, 0.29) is 76.7 Å². The highest BCUT2D eigenvalue weighted by atomic mass is 79.9. The Balaban J connectivity index is -0.00000127. The summed E-state index contributed by atoms with van der Waals surface area (Å²) < 4.78 is 8.91. The molecule has 0 fully saturated rings. The van der Waals surface area contributed by atoms with Gasteiger partial charge in [-0.3, -0.25) is 94.0 Å². The van der Waals surface area contributed by atoms with Crippen LogP contribution in [-0.4, -0.2) is 240 Å². The number of carbonyl (C=O) groups is 9. The Morgan fingerprint density at radius 2 is 0.694 bits per heavy atom. The summed E-state index contributed by atoms with van der Waals surface area (Å²) in [5, 5.41) is 82.3. The van der Waals surface area contributed by atoms with Crippen molar-refractivity contribution in [2.24, 2.45) is 11.6 Å². The molecule has 0 atom stereocenters. The molecule has 0 unspecified atom stereocenters. The van der Waals surface area contributed by atoms with E-state index in [0.29, 0.717) is 125 Å². The smallest absolute Gasteiger partial charge is 0.306 e. The summed E-state index contributed by atoms with van der Waals surface area (Å²) in [6.45, 7) is 21.6. The Labute approximate surface area is 655 Å². The summed E-state index contributed by atoms with van der Waals surface area (Å²) in [5.74, 6) is 1.21. The molecule has 6 amide bonds. The lowest BCUT2D eigenvalue weighted by molar-refractivity contribution is -0.385. The molecule has 0 aliphatic heterocycles. The molecule has 0 heterocycles. The number of hydrogen-bond donors (Lipinski definition) is 14. The zero-order chi connectivity index (χ0) is 84.5. The van der Waals surface area contributed by atoms with Crippen molar-refractivity contribution in [1.82, 2.24) is 57.6 Å². The summed E-state index contributed by atoms with van der Waals surface area (Å²) in [6.07, 6.45) is 1.15. The summed E-state index contributed by atoms with van der Waals surface area (Å²) in [4.78, 5) is 147. The van der Waals surface area contributed by atoms with E-state index in [1.165, 1.54) is 111 Å². The summed E-state index contributed by atoms with van der Waals surface area (Å²) in [7, 11) is 2.73. The fourth-order valence-corrected chi connectivity index (χ4v) is 8.56. The fraction of sp³-hybridized carbons (Fsp3) is 0.435. The number of nitro groups is 4. The number of ether oxygens (including phenoxy) is 2. The zero-order valence-corrected chi connectivity index (χ0v) is 65.4. The maximum Gasteiger partial charge on any atom is 0.306 e. The number of rotatable bonds is 39. The van der Waals surface area contributed by atoms with Gasteiger partial charge in [0.15, 0.2) is 0 Å². The van der Waals surface area contributed by atoms with Crippen LogP contribution in [0.1, 0.15) is 112 Å². The number of methoxy groups -OCH3 is 2. The maximum atomic E-state index is 11.9. The van der Waals surface area contributed by atoms with Crippen molar-refractivity contribution in [3.05, 3.63) is 190 Å². The zero-order valence-electron chi connectivity index (χ0n) is 63.0. The molecule has 0 aliphatic rings. The highest BCUT2D eigenvalue weighted by Crippen LogP contribution is 2.16. The van der Waals surface area contributed by atoms with E-state index in [1.54, 1.807) is 35.2 Å². The first-order chi connectivity index (χ1) is 53.0. The first kappa shape index (κ1) is 104. The van der Waals surface area contributed by atoms with Crippen LogP contribution in [0.5, 0.6) is 0 Å². The molecule has 0 saturated heterocycles. The van der Waals surface area contributed by atoms with Crippen molar-refractivity contribution in [2.75, 3.05) is 143 Å². The van der Waals surface area contributed by atoms with Gasteiger partial charge in [-0.05, 0) is 117 Å². The van der Waals surface area contributed by atoms with Gasteiger partial charge in [-0.15, -0.1) is 0 Å². The van der Waals surface area contributed by atoms with Crippen LogP contribution in [0.4, 0.5) is 28.4 Å². The summed E-state index contributed by atoms with van der Waals surface area (Å²) >= 11 is 8.22. The molecule has 0 aliphatic carbocycles. The number of carbonyl (C=O) groups excluding carboxylic acids is 9. The number of nitro benzene ring substituents is 4. The number of alkyl halides is 1. The number of amides is 6. The van der Waals surface area contributed by atoms with E-state index >= 15 is 0 Å². The molecular formula is C69H104BrClN18O22. The predicted molar refractivity (Wildman–Crippen MR) is 417 cm³/mol. The van der Waals surface area contributed by atoms with Crippen molar-refractivity contribution in [2.45, 2.75) is 60.3 Å². The van der Waals surface area contributed by atoms with Gasteiger partial charge >= 0.3 is 11.9 Å². The van der Waals surface area contributed by atoms with Gasteiger partial charge in [-0.25, -0.2) is 16.9 Å². The Bertz CT molecular complexity index is 3390. The molecule has 0 aromatic heterocycles. The Morgan fingerprint density at radius 3 is 0.928 bits per heavy atom. The van der Waals surface area contributed by atoms with Crippen molar-refractivity contribution >= 4 is 109 Å². The average Bonchev–Trinajstić information content (AvgIpc) is 0.885. The van der Waals surface area contributed by atoms with Gasteiger partial charge < -0.3 is 72.7 Å². The molecule has 0 bridgehead atoms. The van der Waals surface area contributed by atoms with Gasteiger partial charge in [-0.2, -0.15) is 0 Å². The van der Waals surface area contributed by atoms with E-state index in [2.05, 4.69) is 70.1 Å². The summed E-state index contributed by atoms with van der Waals surface area (Å²) in [6, 6.07) is 28.1. The van der Waals surface area contributed by atoms with Crippen LogP contribution >= 0.6 is 27.5 Å². The second-order valence-corrected chi connectivity index (χ2v) is 23.0. The number of nitrogens with zero attached hydrogens (tertiary/aromatic N) is 7. The van der Waals surface area contributed by atoms with Crippen molar-refractivity contribution in [3.8, 4) is 0 Å². The largest absolute Gasteiger partial charge is 0.469 e. The fourth-order valence-electron chi connectivity index (χ4n) is 8.11. The predicted octanol–water partition coefficient (Wildman–Crippen LogP) is 4.71. The number of non-ortho nitro benzene ring substituents is 4. The molecule has 40 nitrogen and oxygen atoms in total. The molecule has 5 rings (SSSR count). The van der Waals surface area contributed by atoms with E-state index in [0.717, 1.165) is 39.3 Å². The standard InChI is InChI=1S/C15H21N3O5.C14H20N4O5.C14H22N4O3.C11H15N3O3.C7H4ClNO3.C4H7BrO2.C4H12N2.H3NO/c1-3-17(10-8-14(19)23-2)11-9-16-15(20)12-4-6-13(7-5-12)18(21)22;1-2-17(9-7-13(19)16-21)10-8-15-14(20)11-3-5-12(6-4-11)18(22)23;1-2-18(9-7-13(19)17-21)10-8-16-14(20)11-3-5-12(15)6-4-11;1-2-12-7-8-13-11(15)9-3-5-10(6-4-9)14(16)17;8-7(10)5-1-3-6(4-2-5)9(11)12;1-7-4(6)2-3-5;1-2-6-4-3-5;1-2/h4-7H,3,8-11H2,1-2H3,(H,16,20);3-6,21H,2,7-10H2,1H3,(H,15,20)(H,16,19);3-6,21H,2,7-10,15H2,1H3,(H,16,20)(H,17,19);3-6,12H,2,7-8H2,1H3,(H,13,15);1-4H;2-3H2,1H3;6H,2-5H2,1H3;2H,1H2. The van der Waals surface area contributed by atoms with Gasteiger partial charge in [0.1, 0.15) is 0 Å². The number of hydrogen-bond acceptors (Lipinski definition) is 30. The molecule has 42 heteroatoms. The highest BCUT2D eigenvalue weighted by Gasteiger charge is 2.15. The van der Waals surface area contributed by atoms with Crippen LogP contribution in [0, 0.1) is 40.5 Å². The Kier molecular flexibility index (Phi) is 62.4. The molecule has 111 heavy (non-hydrogen) atoms. The molecule has 17 N–H and O–H groups in total. The number of likely N-dealkylation sites (N-methyl/N-ethyl adjacent to an activating group) is 5. The van der Waals surface area contributed by atoms with Gasteiger partial charge in [0.05, 0.1) is 46.8 Å². The molecule has 0 spiro atoms. The second kappa shape index (κ2) is 66.3. The molecule has 616 valence electrons. The summed E-state index contributed by atoms with van der Waals surface area (Å²) in [5.41, 5.74) is 16.3. The van der Waals surface area contributed by atoms with Crippen LogP contribution in [0.2, 0.25) is 0 Å². The number of anilines is 1. The van der Waals surface area contributed by atoms with Crippen molar-refractivity contribution in [1.29, 1.82) is 0 Å².